The molecule has 0 fully saturated rings. The molecule has 4 aromatic rings. The Hall–Kier alpha value is -4.77. The third-order valence-electron chi connectivity index (χ3n) is 8.25. The average molecular weight is 643 g/mol. The van der Waals surface area contributed by atoms with Crippen LogP contribution >= 0.6 is 11.6 Å². The van der Waals surface area contributed by atoms with E-state index in [0.29, 0.717) is 57.9 Å². The molecule has 2 N–H and O–H groups in total. The lowest BCUT2D eigenvalue weighted by atomic mass is 9.81. The van der Waals surface area contributed by atoms with E-state index in [2.05, 4.69) is 5.32 Å². The molecule has 2 aliphatic heterocycles. The second-order valence-electron chi connectivity index (χ2n) is 11.1. The summed E-state index contributed by atoms with van der Waals surface area (Å²) in [4.78, 5) is 54.5. The molecule has 0 saturated carbocycles. The fourth-order valence-corrected chi connectivity index (χ4v) is 6.23. The highest BCUT2D eigenvalue weighted by atomic mass is 35.5. The summed E-state index contributed by atoms with van der Waals surface area (Å²) in [5.41, 5.74) is 2.41. The lowest BCUT2D eigenvalue weighted by molar-refractivity contribution is -0.165. The Morgan fingerprint density at radius 1 is 1.04 bits per heavy atom. The number of carbonyl (C=O) groups excluding carboxylic acids is 3. The van der Waals surface area contributed by atoms with E-state index in [1.165, 1.54) is 18.4 Å². The van der Waals surface area contributed by atoms with Gasteiger partial charge in [-0.25, -0.2) is 4.90 Å². The first-order valence-electron chi connectivity index (χ1n) is 14.9. The molecule has 3 amide bonds. The highest BCUT2D eigenvalue weighted by molar-refractivity contribution is 6.37. The molecule has 0 saturated heterocycles. The molecule has 46 heavy (non-hydrogen) atoms. The van der Waals surface area contributed by atoms with Gasteiger partial charge in [-0.3, -0.25) is 19.2 Å². The molecule has 0 unspecified atom stereocenters. The summed E-state index contributed by atoms with van der Waals surface area (Å²) in [7, 11) is 0. The second kappa shape index (κ2) is 12.9. The lowest BCUT2D eigenvalue weighted by Gasteiger charge is -2.36. The van der Waals surface area contributed by atoms with Crippen LogP contribution in [-0.2, 0) is 14.3 Å². The van der Waals surface area contributed by atoms with Gasteiger partial charge in [0.15, 0.2) is 11.2 Å². The maximum Gasteiger partial charge on any atom is 0.290 e. The van der Waals surface area contributed by atoms with Crippen molar-refractivity contribution in [2.45, 2.75) is 38.9 Å². The minimum absolute atomic E-state index is 0.0461. The fraction of sp³-hybridized carbons (Fsp3) is 0.257. The van der Waals surface area contributed by atoms with Crippen LogP contribution in [0, 0.1) is 12.8 Å². The minimum Gasteiger partial charge on any atom is -0.464 e. The molecule has 0 aliphatic carbocycles. The summed E-state index contributed by atoms with van der Waals surface area (Å²) >= 11 is 6.05. The first-order chi connectivity index (χ1) is 22.2. The highest BCUT2D eigenvalue weighted by Crippen LogP contribution is 2.39. The summed E-state index contributed by atoms with van der Waals surface area (Å²) in [5.74, 6) is -2.56. The Bertz CT molecular complexity index is 1950. The molecule has 0 spiro atoms. The minimum atomic E-state index is -0.871. The van der Waals surface area contributed by atoms with Crippen molar-refractivity contribution in [2.75, 3.05) is 23.4 Å². The number of anilines is 2. The van der Waals surface area contributed by atoms with Crippen molar-refractivity contribution in [3.63, 3.8) is 0 Å². The molecule has 1 aromatic heterocycles. The number of aliphatic hydroxyl groups excluding tert-OH is 1. The summed E-state index contributed by atoms with van der Waals surface area (Å²) in [5, 5.41) is 13.2. The SMILES string of the molecule is CCO[C@H]1OC(C(=O)Nc2ccc(N3C(=O)c4ccc(Cl)cc4C3=O)c(C)c2)=C[C@@H](c2coc3ccccc3c2=O)[C@@H]1CCCO. The zero-order valence-electron chi connectivity index (χ0n) is 25.1. The second-order valence-corrected chi connectivity index (χ2v) is 11.6. The standard InChI is InChI=1S/C35H31ClN2O8/c1-3-44-35-23(8-6-14-39)25(27-18-45-29-9-5-4-7-24(29)31(27)40)17-30(46-35)32(41)37-21-11-13-28(19(2)15-21)38-33(42)22-12-10-20(36)16-26(22)34(38)43/h4-5,7,9-13,15-18,23,25,35,39H,3,6,8,14H2,1-2H3,(H,37,41)/t23-,25+,35-/m0/s1. The number of rotatable bonds is 9. The van der Waals surface area contributed by atoms with Gasteiger partial charge in [-0.05, 0) is 86.9 Å². The van der Waals surface area contributed by atoms with Gasteiger partial charge in [0.05, 0.1) is 28.5 Å². The normalized spacial score (nSPS) is 19.2. The van der Waals surface area contributed by atoms with E-state index in [4.69, 9.17) is 25.5 Å². The van der Waals surface area contributed by atoms with Crippen LogP contribution in [0.25, 0.3) is 11.0 Å². The number of benzene rings is 3. The quantitative estimate of drug-likeness (QED) is 0.214. The number of halogens is 1. The number of ether oxygens (including phenoxy) is 2. The number of nitrogens with zero attached hydrogens (tertiary/aromatic N) is 1. The van der Waals surface area contributed by atoms with Crippen molar-refractivity contribution >= 4 is 51.7 Å². The van der Waals surface area contributed by atoms with Gasteiger partial charge in [0.25, 0.3) is 17.7 Å². The van der Waals surface area contributed by atoms with Crippen molar-refractivity contribution in [2.24, 2.45) is 5.92 Å². The molecular weight excluding hydrogens is 612 g/mol. The molecule has 3 aromatic carbocycles. The van der Waals surface area contributed by atoms with E-state index in [1.807, 2.05) is 0 Å². The number of aryl methyl sites for hydroxylation is 1. The number of allylic oxidation sites excluding steroid dienone is 1. The molecule has 10 nitrogen and oxygen atoms in total. The molecule has 0 radical (unpaired) electrons. The van der Waals surface area contributed by atoms with Gasteiger partial charge >= 0.3 is 0 Å². The maximum absolute atomic E-state index is 13.6. The number of para-hydroxylation sites is 1. The van der Waals surface area contributed by atoms with E-state index >= 15 is 0 Å². The zero-order chi connectivity index (χ0) is 32.5. The molecule has 6 rings (SSSR count). The van der Waals surface area contributed by atoms with Crippen molar-refractivity contribution in [1.82, 2.24) is 0 Å². The Morgan fingerprint density at radius 3 is 2.59 bits per heavy atom. The molecule has 2 aliphatic rings. The van der Waals surface area contributed by atoms with E-state index in [9.17, 15) is 24.3 Å². The maximum atomic E-state index is 13.6. The summed E-state index contributed by atoms with van der Waals surface area (Å²) in [6.45, 7) is 3.76. The monoisotopic (exact) mass is 642 g/mol. The van der Waals surface area contributed by atoms with Crippen LogP contribution in [0.5, 0.6) is 0 Å². The number of fused-ring (bicyclic) bond motifs is 2. The van der Waals surface area contributed by atoms with Crippen LogP contribution in [-0.4, -0.2) is 42.3 Å². The predicted octanol–water partition coefficient (Wildman–Crippen LogP) is 5.94. The van der Waals surface area contributed by atoms with Crippen LogP contribution in [0.3, 0.4) is 0 Å². The van der Waals surface area contributed by atoms with Gasteiger partial charge in [-0.15, -0.1) is 0 Å². The Labute approximate surface area is 269 Å². The summed E-state index contributed by atoms with van der Waals surface area (Å²) in [6.07, 6.45) is 3.04. The largest absolute Gasteiger partial charge is 0.464 e. The zero-order valence-corrected chi connectivity index (χ0v) is 25.9. The number of imide groups is 1. The molecule has 3 heterocycles. The Morgan fingerprint density at radius 2 is 1.83 bits per heavy atom. The van der Waals surface area contributed by atoms with E-state index in [1.54, 1.807) is 68.5 Å². The average Bonchev–Trinajstić information content (AvgIpc) is 3.29. The number of hydrogen-bond donors (Lipinski definition) is 2. The van der Waals surface area contributed by atoms with Crippen molar-refractivity contribution < 1.29 is 33.4 Å². The van der Waals surface area contributed by atoms with Crippen LogP contribution in [0.4, 0.5) is 11.4 Å². The molecule has 11 heteroatoms. The Kier molecular flexibility index (Phi) is 8.77. The molecular formula is C35H31ClN2O8. The fourth-order valence-electron chi connectivity index (χ4n) is 6.05. The third-order valence-corrected chi connectivity index (χ3v) is 8.48. The van der Waals surface area contributed by atoms with Gasteiger partial charge < -0.3 is 24.3 Å². The first kappa shape index (κ1) is 31.2. The summed E-state index contributed by atoms with van der Waals surface area (Å²) < 4.78 is 17.8. The van der Waals surface area contributed by atoms with E-state index < -0.39 is 29.9 Å². The number of nitrogens with one attached hydrogen (secondary N) is 1. The Balaban J connectivity index is 1.30. The molecule has 3 atom stereocenters. The van der Waals surface area contributed by atoms with E-state index in [0.717, 1.165) is 4.90 Å². The van der Waals surface area contributed by atoms with Crippen LogP contribution in [0.2, 0.25) is 5.02 Å². The van der Waals surface area contributed by atoms with Gasteiger partial charge in [-0.2, -0.15) is 0 Å². The van der Waals surface area contributed by atoms with Crippen LogP contribution in [0.15, 0.2) is 88.0 Å². The van der Waals surface area contributed by atoms with Gasteiger partial charge in [-0.1, -0.05) is 23.7 Å². The van der Waals surface area contributed by atoms with Crippen molar-refractivity contribution in [3.8, 4) is 0 Å². The predicted molar refractivity (Wildman–Crippen MR) is 172 cm³/mol. The van der Waals surface area contributed by atoms with Crippen molar-refractivity contribution in [3.05, 3.63) is 116 Å². The number of aliphatic hydroxyl groups is 1. The smallest absolute Gasteiger partial charge is 0.290 e. The lowest BCUT2D eigenvalue weighted by Crippen LogP contribution is -2.38. The van der Waals surface area contributed by atoms with Gasteiger partial charge in [0.2, 0.25) is 6.29 Å². The first-order valence-corrected chi connectivity index (χ1v) is 15.3. The highest BCUT2D eigenvalue weighted by Gasteiger charge is 2.40. The third kappa shape index (κ3) is 5.71. The van der Waals surface area contributed by atoms with Crippen molar-refractivity contribution in [1.29, 1.82) is 0 Å². The topological polar surface area (TPSA) is 135 Å². The van der Waals surface area contributed by atoms with Crippen LogP contribution in [0.1, 0.15) is 57.5 Å². The molecule has 236 valence electrons. The van der Waals surface area contributed by atoms with E-state index in [-0.39, 0.29) is 34.8 Å². The van der Waals surface area contributed by atoms with Gasteiger partial charge in [0, 0.05) is 41.3 Å². The summed E-state index contributed by atoms with van der Waals surface area (Å²) in [6, 6.07) is 16.3. The number of amides is 3. The molecule has 0 bridgehead atoms. The van der Waals surface area contributed by atoms with Gasteiger partial charge in [0.1, 0.15) is 5.58 Å². The number of hydrogen-bond acceptors (Lipinski definition) is 8. The number of carbonyl (C=O) groups is 3. The van der Waals surface area contributed by atoms with Crippen LogP contribution < -0.4 is 15.6 Å².